The molecule has 0 saturated carbocycles. The van der Waals surface area contributed by atoms with E-state index >= 15 is 0 Å². The van der Waals surface area contributed by atoms with Crippen molar-refractivity contribution in [3.05, 3.63) is 72.1 Å². The van der Waals surface area contributed by atoms with E-state index in [1.54, 1.807) is 0 Å². The number of benzene rings is 2. The molecule has 0 aliphatic heterocycles. The lowest BCUT2D eigenvalue weighted by Crippen LogP contribution is -2.10. The van der Waals surface area contributed by atoms with Crippen LogP contribution in [-0.2, 0) is 13.5 Å². The SMILES string of the molecule is CCc1nn(C)cc1NC(CC)c1ccc(Oc2ccccc2)cc1. The lowest BCUT2D eigenvalue weighted by Gasteiger charge is -2.19. The number of para-hydroxylation sites is 1. The molecule has 4 nitrogen and oxygen atoms in total. The zero-order valence-corrected chi connectivity index (χ0v) is 15.1. The van der Waals surface area contributed by atoms with Gasteiger partial charge in [0.15, 0.2) is 0 Å². The highest BCUT2D eigenvalue weighted by Crippen LogP contribution is 2.27. The minimum absolute atomic E-state index is 0.250. The average molecular weight is 335 g/mol. The molecule has 25 heavy (non-hydrogen) atoms. The third-order valence-electron chi connectivity index (χ3n) is 4.24. The number of rotatable bonds is 7. The second kappa shape index (κ2) is 7.88. The lowest BCUT2D eigenvalue weighted by atomic mass is 10.0. The summed E-state index contributed by atoms with van der Waals surface area (Å²) in [5.41, 5.74) is 3.46. The Hall–Kier alpha value is -2.75. The van der Waals surface area contributed by atoms with E-state index in [1.165, 1.54) is 5.56 Å². The Labute approximate surface area is 149 Å². The summed E-state index contributed by atoms with van der Waals surface area (Å²) < 4.78 is 7.74. The standard InChI is InChI=1S/C21H25N3O/c1-4-19(22-21-15-24(3)23-20(21)5-2)16-11-13-18(14-12-16)25-17-9-7-6-8-10-17/h6-15,19,22H,4-5H2,1-3H3. The Morgan fingerprint density at radius 2 is 1.68 bits per heavy atom. The predicted octanol–water partition coefficient (Wildman–Crippen LogP) is 5.34. The second-order valence-electron chi connectivity index (χ2n) is 6.11. The summed E-state index contributed by atoms with van der Waals surface area (Å²) in [5.74, 6) is 1.70. The van der Waals surface area contributed by atoms with Gasteiger partial charge in [0.05, 0.1) is 17.4 Å². The highest BCUT2D eigenvalue weighted by Gasteiger charge is 2.13. The maximum atomic E-state index is 5.87. The van der Waals surface area contributed by atoms with Gasteiger partial charge < -0.3 is 10.1 Å². The van der Waals surface area contributed by atoms with E-state index in [2.05, 4.69) is 36.4 Å². The number of aromatic nitrogens is 2. The van der Waals surface area contributed by atoms with Gasteiger partial charge in [-0.3, -0.25) is 4.68 Å². The molecule has 0 spiro atoms. The maximum absolute atomic E-state index is 5.87. The predicted molar refractivity (Wildman–Crippen MR) is 102 cm³/mol. The van der Waals surface area contributed by atoms with Crippen LogP contribution in [0.3, 0.4) is 0 Å². The van der Waals surface area contributed by atoms with Crippen molar-refractivity contribution in [2.45, 2.75) is 32.7 Å². The molecular weight excluding hydrogens is 310 g/mol. The van der Waals surface area contributed by atoms with Crippen molar-refractivity contribution in [3.8, 4) is 11.5 Å². The number of hydrogen-bond acceptors (Lipinski definition) is 3. The third kappa shape index (κ3) is 4.21. The van der Waals surface area contributed by atoms with Crippen LogP contribution in [0.5, 0.6) is 11.5 Å². The van der Waals surface area contributed by atoms with Crippen LogP contribution in [0.1, 0.15) is 37.6 Å². The number of aryl methyl sites for hydroxylation is 2. The van der Waals surface area contributed by atoms with Gasteiger partial charge in [-0.1, -0.05) is 44.2 Å². The summed E-state index contributed by atoms with van der Waals surface area (Å²) in [5, 5.41) is 8.14. The van der Waals surface area contributed by atoms with Crippen LogP contribution in [0, 0.1) is 0 Å². The van der Waals surface area contributed by atoms with E-state index in [-0.39, 0.29) is 6.04 Å². The Morgan fingerprint density at radius 1 is 1.00 bits per heavy atom. The number of anilines is 1. The summed E-state index contributed by atoms with van der Waals surface area (Å²) in [6.07, 6.45) is 3.97. The summed E-state index contributed by atoms with van der Waals surface area (Å²) in [6, 6.07) is 18.4. The minimum atomic E-state index is 0.250. The number of ether oxygens (including phenoxy) is 1. The van der Waals surface area contributed by atoms with Gasteiger partial charge in [0.25, 0.3) is 0 Å². The fraction of sp³-hybridized carbons (Fsp3) is 0.286. The molecule has 0 aliphatic carbocycles. The van der Waals surface area contributed by atoms with E-state index in [4.69, 9.17) is 4.74 Å². The summed E-state index contributed by atoms with van der Waals surface area (Å²) in [4.78, 5) is 0. The summed E-state index contributed by atoms with van der Waals surface area (Å²) in [6.45, 7) is 4.32. The maximum Gasteiger partial charge on any atom is 0.127 e. The highest BCUT2D eigenvalue weighted by atomic mass is 16.5. The van der Waals surface area contributed by atoms with Crippen molar-refractivity contribution in [1.29, 1.82) is 0 Å². The first-order valence-corrected chi connectivity index (χ1v) is 8.81. The van der Waals surface area contributed by atoms with Gasteiger partial charge in [-0.2, -0.15) is 5.10 Å². The summed E-state index contributed by atoms with van der Waals surface area (Å²) >= 11 is 0. The van der Waals surface area contributed by atoms with Gasteiger partial charge in [0, 0.05) is 13.2 Å². The smallest absolute Gasteiger partial charge is 0.127 e. The Kier molecular flexibility index (Phi) is 5.39. The molecule has 0 amide bonds. The van der Waals surface area contributed by atoms with E-state index in [0.29, 0.717) is 0 Å². The van der Waals surface area contributed by atoms with E-state index in [1.807, 2.05) is 60.4 Å². The van der Waals surface area contributed by atoms with Crippen molar-refractivity contribution in [2.75, 3.05) is 5.32 Å². The van der Waals surface area contributed by atoms with Crippen molar-refractivity contribution in [2.24, 2.45) is 7.05 Å². The molecular formula is C21H25N3O. The van der Waals surface area contributed by atoms with Crippen molar-refractivity contribution >= 4 is 5.69 Å². The zero-order chi connectivity index (χ0) is 17.6. The molecule has 3 aromatic rings. The van der Waals surface area contributed by atoms with Crippen LogP contribution in [0.4, 0.5) is 5.69 Å². The molecule has 1 heterocycles. The molecule has 130 valence electrons. The minimum Gasteiger partial charge on any atom is -0.457 e. The van der Waals surface area contributed by atoms with E-state index in [0.717, 1.165) is 35.7 Å². The Morgan fingerprint density at radius 3 is 2.32 bits per heavy atom. The van der Waals surface area contributed by atoms with Crippen LogP contribution in [-0.4, -0.2) is 9.78 Å². The first-order valence-electron chi connectivity index (χ1n) is 8.81. The summed E-state index contributed by atoms with van der Waals surface area (Å²) in [7, 11) is 1.96. The first-order chi connectivity index (χ1) is 12.2. The Bertz CT molecular complexity index is 794. The molecule has 3 rings (SSSR count). The molecule has 1 atom stereocenters. The molecule has 1 N–H and O–H groups in total. The zero-order valence-electron chi connectivity index (χ0n) is 15.1. The van der Waals surface area contributed by atoms with Crippen LogP contribution in [0.2, 0.25) is 0 Å². The normalized spacial score (nSPS) is 12.0. The van der Waals surface area contributed by atoms with E-state index < -0.39 is 0 Å². The second-order valence-corrected chi connectivity index (χ2v) is 6.11. The van der Waals surface area contributed by atoms with Crippen LogP contribution in [0.15, 0.2) is 60.8 Å². The monoisotopic (exact) mass is 335 g/mol. The lowest BCUT2D eigenvalue weighted by molar-refractivity contribution is 0.482. The fourth-order valence-electron chi connectivity index (χ4n) is 2.92. The van der Waals surface area contributed by atoms with Gasteiger partial charge in [-0.05, 0) is 42.7 Å². The molecule has 1 unspecified atom stereocenters. The van der Waals surface area contributed by atoms with Gasteiger partial charge in [-0.15, -0.1) is 0 Å². The van der Waals surface area contributed by atoms with Crippen LogP contribution < -0.4 is 10.1 Å². The molecule has 0 saturated heterocycles. The quantitative estimate of drug-likeness (QED) is 0.633. The number of nitrogens with zero attached hydrogens (tertiary/aromatic N) is 2. The van der Waals surface area contributed by atoms with Crippen molar-refractivity contribution in [1.82, 2.24) is 9.78 Å². The van der Waals surface area contributed by atoms with Gasteiger partial charge in [0.2, 0.25) is 0 Å². The molecule has 0 fully saturated rings. The van der Waals surface area contributed by atoms with Crippen molar-refractivity contribution in [3.63, 3.8) is 0 Å². The molecule has 1 aromatic heterocycles. The molecule has 2 aromatic carbocycles. The van der Waals surface area contributed by atoms with E-state index in [9.17, 15) is 0 Å². The van der Waals surface area contributed by atoms with Gasteiger partial charge in [0.1, 0.15) is 11.5 Å². The van der Waals surface area contributed by atoms with Crippen LogP contribution >= 0.6 is 0 Å². The largest absolute Gasteiger partial charge is 0.457 e. The highest BCUT2D eigenvalue weighted by molar-refractivity contribution is 5.49. The average Bonchev–Trinajstić information content (AvgIpc) is 3.01. The first kappa shape index (κ1) is 17.1. The van der Waals surface area contributed by atoms with Gasteiger partial charge >= 0.3 is 0 Å². The number of hydrogen-bond donors (Lipinski definition) is 1. The molecule has 0 bridgehead atoms. The third-order valence-corrected chi connectivity index (χ3v) is 4.24. The topological polar surface area (TPSA) is 39.1 Å². The molecule has 4 heteroatoms. The Balaban J connectivity index is 1.73. The van der Waals surface area contributed by atoms with Crippen molar-refractivity contribution < 1.29 is 4.74 Å². The number of nitrogens with one attached hydrogen (secondary N) is 1. The van der Waals surface area contributed by atoms with Crippen LogP contribution in [0.25, 0.3) is 0 Å². The molecule has 0 radical (unpaired) electrons. The fourth-order valence-corrected chi connectivity index (χ4v) is 2.92. The van der Waals surface area contributed by atoms with Gasteiger partial charge in [-0.25, -0.2) is 0 Å². The molecule has 0 aliphatic rings.